The van der Waals surface area contributed by atoms with Gasteiger partial charge in [0, 0.05) is 30.1 Å². The third kappa shape index (κ3) is 2.69. The number of hydrogen-bond acceptors (Lipinski definition) is 3. The second-order valence-electron chi connectivity index (χ2n) is 3.39. The van der Waals surface area contributed by atoms with E-state index in [0.29, 0.717) is 12.5 Å². The van der Waals surface area contributed by atoms with Gasteiger partial charge >= 0.3 is 0 Å². The molecule has 3 heteroatoms. The van der Waals surface area contributed by atoms with Gasteiger partial charge in [-0.1, -0.05) is 6.92 Å². The van der Waals surface area contributed by atoms with Gasteiger partial charge in [0.05, 0.1) is 12.5 Å². The molecule has 2 nitrogen and oxygen atoms in total. The van der Waals surface area contributed by atoms with E-state index in [0.717, 1.165) is 18.3 Å². The molecule has 1 aliphatic heterocycles. The van der Waals surface area contributed by atoms with Gasteiger partial charge in [-0.25, -0.2) is 0 Å². The van der Waals surface area contributed by atoms with Crippen LogP contribution in [0.2, 0.25) is 0 Å². The molecule has 0 aromatic rings. The molecule has 12 heavy (non-hydrogen) atoms. The van der Waals surface area contributed by atoms with Crippen LogP contribution in [-0.4, -0.2) is 35.0 Å². The zero-order valence-electron chi connectivity index (χ0n) is 7.79. The quantitative estimate of drug-likeness (QED) is 0.654. The Morgan fingerprint density at radius 1 is 1.75 bits per heavy atom. The summed E-state index contributed by atoms with van der Waals surface area (Å²) >= 11 is 2.03. The minimum absolute atomic E-state index is 0.443. The van der Waals surface area contributed by atoms with Crippen molar-refractivity contribution in [3.63, 3.8) is 0 Å². The Kier molecular flexibility index (Phi) is 3.90. The van der Waals surface area contributed by atoms with Gasteiger partial charge < -0.3 is 0 Å². The minimum Gasteiger partial charge on any atom is -0.298 e. The van der Waals surface area contributed by atoms with E-state index in [-0.39, 0.29) is 0 Å². The van der Waals surface area contributed by atoms with Crippen LogP contribution >= 0.6 is 11.8 Å². The molecule has 1 aliphatic rings. The molecule has 2 atom stereocenters. The van der Waals surface area contributed by atoms with Crippen LogP contribution < -0.4 is 0 Å². The van der Waals surface area contributed by atoms with Gasteiger partial charge in [-0.3, -0.25) is 4.90 Å². The first-order valence-electron chi connectivity index (χ1n) is 4.46. The average Bonchev–Trinajstić information content (AvgIpc) is 2.05. The highest BCUT2D eigenvalue weighted by atomic mass is 32.2. The van der Waals surface area contributed by atoms with E-state index in [9.17, 15) is 0 Å². The molecule has 68 valence electrons. The molecule has 0 spiro atoms. The van der Waals surface area contributed by atoms with Crippen molar-refractivity contribution in [2.24, 2.45) is 0 Å². The zero-order chi connectivity index (χ0) is 8.97. The van der Waals surface area contributed by atoms with Crippen molar-refractivity contribution in [2.75, 3.05) is 18.8 Å². The Morgan fingerprint density at radius 3 is 3.08 bits per heavy atom. The van der Waals surface area contributed by atoms with Gasteiger partial charge in [-0.15, -0.1) is 0 Å². The summed E-state index contributed by atoms with van der Waals surface area (Å²) in [6, 6.07) is 2.67. The van der Waals surface area contributed by atoms with Gasteiger partial charge in [0.15, 0.2) is 0 Å². The summed E-state index contributed by atoms with van der Waals surface area (Å²) in [7, 11) is 0. The molecule has 1 saturated heterocycles. The smallest absolute Gasteiger partial charge is 0.0638 e. The molecule has 0 saturated carbocycles. The summed E-state index contributed by atoms with van der Waals surface area (Å²) in [5.74, 6) is 1.22. The summed E-state index contributed by atoms with van der Waals surface area (Å²) in [5, 5.41) is 9.29. The van der Waals surface area contributed by atoms with E-state index < -0.39 is 0 Å². The van der Waals surface area contributed by atoms with Crippen molar-refractivity contribution in [2.45, 2.75) is 31.6 Å². The second kappa shape index (κ2) is 4.74. The fraction of sp³-hybridized carbons (Fsp3) is 0.889. The van der Waals surface area contributed by atoms with E-state index in [1.165, 1.54) is 5.75 Å². The van der Waals surface area contributed by atoms with E-state index in [1.54, 1.807) is 0 Å². The molecule has 0 bridgehead atoms. The van der Waals surface area contributed by atoms with Crippen LogP contribution in [0.5, 0.6) is 0 Å². The second-order valence-corrected chi connectivity index (χ2v) is 4.93. The lowest BCUT2D eigenvalue weighted by Crippen LogP contribution is -2.42. The summed E-state index contributed by atoms with van der Waals surface area (Å²) in [6.07, 6.45) is 0.664. The molecule has 1 fully saturated rings. The number of thioether (sulfide) groups is 1. The molecular weight excluding hydrogens is 168 g/mol. The highest BCUT2D eigenvalue weighted by Crippen LogP contribution is 2.20. The third-order valence-corrected chi connectivity index (χ3v) is 3.42. The summed E-state index contributed by atoms with van der Waals surface area (Å²) in [6.45, 7) is 6.70. The molecule has 2 unspecified atom stereocenters. The number of rotatable bonds is 2. The summed E-state index contributed by atoms with van der Waals surface area (Å²) in [4.78, 5) is 2.42. The summed E-state index contributed by atoms with van der Waals surface area (Å²) < 4.78 is 0. The van der Waals surface area contributed by atoms with Gasteiger partial charge in [0.25, 0.3) is 0 Å². The van der Waals surface area contributed by atoms with Gasteiger partial charge in [0.1, 0.15) is 0 Å². The normalized spacial score (nSPS) is 27.9. The molecule has 0 aliphatic carbocycles. The van der Waals surface area contributed by atoms with Gasteiger partial charge in [-0.05, 0) is 6.92 Å². The number of nitriles is 1. The first-order valence-corrected chi connectivity index (χ1v) is 5.51. The van der Waals surface area contributed by atoms with Gasteiger partial charge in [0.2, 0.25) is 0 Å². The van der Waals surface area contributed by atoms with Crippen LogP contribution in [0.15, 0.2) is 0 Å². The maximum absolute atomic E-state index is 8.55. The van der Waals surface area contributed by atoms with E-state index in [1.807, 2.05) is 11.8 Å². The predicted molar refractivity (Wildman–Crippen MR) is 53.2 cm³/mol. The van der Waals surface area contributed by atoms with Crippen LogP contribution in [-0.2, 0) is 0 Å². The zero-order valence-corrected chi connectivity index (χ0v) is 8.60. The predicted octanol–water partition coefficient (Wildman–Crippen LogP) is 1.73. The molecule has 0 aromatic heterocycles. The molecule has 0 N–H and O–H groups in total. The van der Waals surface area contributed by atoms with E-state index in [2.05, 4.69) is 24.8 Å². The lowest BCUT2D eigenvalue weighted by molar-refractivity contribution is 0.221. The van der Waals surface area contributed by atoms with E-state index in [4.69, 9.17) is 5.26 Å². The largest absolute Gasteiger partial charge is 0.298 e. The monoisotopic (exact) mass is 184 g/mol. The topological polar surface area (TPSA) is 27.0 Å². The highest BCUT2D eigenvalue weighted by Gasteiger charge is 2.20. The van der Waals surface area contributed by atoms with Crippen LogP contribution in [0.4, 0.5) is 0 Å². The fourth-order valence-corrected chi connectivity index (χ4v) is 2.55. The van der Waals surface area contributed by atoms with Crippen LogP contribution in [0.25, 0.3) is 0 Å². The molecule has 1 rings (SSSR count). The lowest BCUT2D eigenvalue weighted by atomic mass is 10.2. The van der Waals surface area contributed by atoms with Crippen molar-refractivity contribution in [1.29, 1.82) is 5.26 Å². The minimum atomic E-state index is 0.443. The molecule has 0 amide bonds. The van der Waals surface area contributed by atoms with Crippen molar-refractivity contribution in [3.05, 3.63) is 0 Å². The van der Waals surface area contributed by atoms with Crippen LogP contribution in [0, 0.1) is 11.3 Å². The lowest BCUT2D eigenvalue weighted by Gasteiger charge is -2.34. The SMILES string of the molecule is CC1CN(C(C)CC#N)CCS1. The summed E-state index contributed by atoms with van der Waals surface area (Å²) in [5.41, 5.74) is 0. The Balaban J connectivity index is 2.35. The third-order valence-electron chi connectivity index (χ3n) is 2.28. The van der Waals surface area contributed by atoms with Crippen LogP contribution in [0.1, 0.15) is 20.3 Å². The maximum atomic E-state index is 8.55. The van der Waals surface area contributed by atoms with E-state index >= 15 is 0 Å². The van der Waals surface area contributed by atoms with Crippen molar-refractivity contribution in [1.82, 2.24) is 4.90 Å². The first kappa shape index (κ1) is 9.88. The Bertz CT molecular complexity index is 176. The molecule has 1 heterocycles. The standard InChI is InChI=1S/C9H16N2S/c1-8(3-4-10)11-5-6-12-9(2)7-11/h8-9H,3,5-7H2,1-2H3. The molecular formula is C9H16N2S. The van der Waals surface area contributed by atoms with Gasteiger partial charge in [-0.2, -0.15) is 17.0 Å². The number of hydrogen-bond donors (Lipinski definition) is 0. The van der Waals surface area contributed by atoms with Crippen LogP contribution in [0.3, 0.4) is 0 Å². The Labute approximate surface area is 78.9 Å². The van der Waals surface area contributed by atoms with Crippen molar-refractivity contribution in [3.8, 4) is 6.07 Å². The Hall–Kier alpha value is -0.200. The average molecular weight is 184 g/mol. The maximum Gasteiger partial charge on any atom is 0.0638 e. The highest BCUT2D eigenvalue weighted by molar-refractivity contribution is 7.99. The first-order chi connectivity index (χ1) is 5.74. The fourth-order valence-electron chi connectivity index (χ4n) is 1.51. The Morgan fingerprint density at radius 2 is 2.50 bits per heavy atom. The molecule has 0 radical (unpaired) electrons. The van der Waals surface area contributed by atoms with Crippen molar-refractivity contribution >= 4 is 11.8 Å². The molecule has 0 aromatic carbocycles. The van der Waals surface area contributed by atoms with Crippen molar-refractivity contribution < 1.29 is 0 Å². The number of nitrogens with zero attached hydrogens (tertiary/aromatic N) is 2.